The minimum atomic E-state index is -0.205. The van der Waals surface area contributed by atoms with Gasteiger partial charge in [-0.15, -0.1) is 0 Å². The van der Waals surface area contributed by atoms with Gasteiger partial charge in [-0.25, -0.2) is 0 Å². The van der Waals surface area contributed by atoms with E-state index in [2.05, 4.69) is 6.58 Å². The Bertz CT molecular complexity index is 163. The maximum atomic E-state index is 5.52. The Morgan fingerprint density at radius 3 is 2.58 bits per heavy atom. The molecular formula is C9H16O3. The molecule has 0 radical (unpaired) electrons. The topological polar surface area (TPSA) is 27.7 Å². The van der Waals surface area contributed by atoms with Crippen molar-refractivity contribution in [2.24, 2.45) is 0 Å². The van der Waals surface area contributed by atoms with Crippen LogP contribution >= 0.6 is 0 Å². The Hall–Kier alpha value is -0.540. The van der Waals surface area contributed by atoms with Gasteiger partial charge in [0.25, 0.3) is 0 Å². The van der Waals surface area contributed by atoms with Gasteiger partial charge in [0, 0.05) is 0 Å². The van der Waals surface area contributed by atoms with Crippen LogP contribution in [0.25, 0.3) is 0 Å². The Kier molecular flexibility index (Phi) is 2.75. The summed E-state index contributed by atoms with van der Waals surface area (Å²) in [4.78, 5) is 0. The molecule has 0 aromatic heterocycles. The third-order valence-electron chi connectivity index (χ3n) is 1.42. The molecule has 1 aliphatic rings. The summed E-state index contributed by atoms with van der Waals surface area (Å²) in [5.41, 5.74) is -0.205. The molecule has 1 heterocycles. The van der Waals surface area contributed by atoms with Crippen LogP contribution in [0.3, 0.4) is 0 Å². The van der Waals surface area contributed by atoms with E-state index < -0.39 is 0 Å². The second-order valence-electron chi connectivity index (χ2n) is 3.82. The molecule has 0 aliphatic carbocycles. The first kappa shape index (κ1) is 9.55. The molecular weight excluding hydrogens is 156 g/mol. The molecule has 1 saturated heterocycles. The molecule has 1 fully saturated rings. The van der Waals surface area contributed by atoms with Crippen molar-refractivity contribution in [3.8, 4) is 0 Å². The van der Waals surface area contributed by atoms with E-state index in [9.17, 15) is 0 Å². The maximum absolute atomic E-state index is 5.52. The van der Waals surface area contributed by atoms with E-state index >= 15 is 0 Å². The van der Waals surface area contributed by atoms with Crippen LogP contribution in [0.2, 0.25) is 0 Å². The summed E-state index contributed by atoms with van der Waals surface area (Å²) in [5.74, 6) is 0.653. The van der Waals surface area contributed by atoms with Crippen LogP contribution in [0.15, 0.2) is 12.3 Å². The molecule has 0 N–H and O–H groups in total. The molecule has 0 amide bonds. The zero-order valence-electron chi connectivity index (χ0n) is 7.92. The lowest BCUT2D eigenvalue weighted by Crippen LogP contribution is -2.24. The van der Waals surface area contributed by atoms with Gasteiger partial charge in [-0.2, -0.15) is 0 Å². The van der Waals surface area contributed by atoms with E-state index in [0.29, 0.717) is 19.2 Å². The lowest BCUT2D eigenvalue weighted by atomic mass is 10.2. The van der Waals surface area contributed by atoms with Crippen LogP contribution in [-0.4, -0.2) is 25.1 Å². The second kappa shape index (κ2) is 3.46. The van der Waals surface area contributed by atoms with E-state index in [1.807, 2.05) is 20.8 Å². The quantitative estimate of drug-likeness (QED) is 0.593. The van der Waals surface area contributed by atoms with Crippen LogP contribution in [0.5, 0.6) is 0 Å². The summed E-state index contributed by atoms with van der Waals surface area (Å²) in [6.45, 7) is 10.6. The molecule has 1 atom stereocenters. The Morgan fingerprint density at radius 2 is 2.17 bits per heavy atom. The fourth-order valence-corrected chi connectivity index (χ4v) is 0.978. The first-order valence-corrected chi connectivity index (χ1v) is 4.06. The van der Waals surface area contributed by atoms with Gasteiger partial charge in [0.2, 0.25) is 0 Å². The minimum absolute atomic E-state index is 0.0933. The number of hydrogen-bond acceptors (Lipinski definition) is 3. The van der Waals surface area contributed by atoms with E-state index in [4.69, 9.17) is 14.2 Å². The van der Waals surface area contributed by atoms with Crippen molar-refractivity contribution >= 4 is 0 Å². The Balaban J connectivity index is 2.37. The lowest BCUT2D eigenvalue weighted by molar-refractivity contribution is -0.00457. The maximum Gasteiger partial charge on any atom is 0.147 e. The number of hydrogen-bond donors (Lipinski definition) is 0. The van der Waals surface area contributed by atoms with E-state index in [-0.39, 0.29) is 11.7 Å². The van der Waals surface area contributed by atoms with Gasteiger partial charge >= 0.3 is 0 Å². The monoisotopic (exact) mass is 172 g/mol. The van der Waals surface area contributed by atoms with Crippen molar-refractivity contribution < 1.29 is 14.2 Å². The molecule has 1 unspecified atom stereocenters. The third-order valence-corrected chi connectivity index (χ3v) is 1.42. The lowest BCUT2D eigenvalue weighted by Gasteiger charge is -2.24. The second-order valence-corrected chi connectivity index (χ2v) is 3.82. The zero-order valence-corrected chi connectivity index (χ0v) is 7.92. The highest BCUT2D eigenvalue weighted by Crippen LogP contribution is 2.19. The van der Waals surface area contributed by atoms with E-state index in [1.165, 1.54) is 0 Å². The van der Waals surface area contributed by atoms with Crippen molar-refractivity contribution in [3.05, 3.63) is 12.3 Å². The van der Waals surface area contributed by atoms with Crippen LogP contribution in [-0.2, 0) is 14.2 Å². The largest absolute Gasteiger partial charge is 0.490 e. The molecule has 12 heavy (non-hydrogen) atoms. The Morgan fingerprint density at radius 1 is 1.50 bits per heavy atom. The average Bonchev–Trinajstić information content (AvgIpc) is 2.32. The summed E-state index contributed by atoms with van der Waals surface area (Å²) in [7, 11) is 0. The molecule has 0 spiro atoms. The average molecular weight is 172 g/mol. The first-order chi connectivity index (χ1) is 5.49. The van der Waals surface area contributed by atoms with Crippen molar-refractivity contribution in [1.82, 2.24) is 0 Å². The molecule has 0 bridgehead atoms. The summed E-state index contributed by atoms with van der Waals surface area (Å²) < 4.78 is 15.8. The summed E-state index contributed by atoms with van der Waals surface area (Å²) in [5, 5.41) is 0. The van der Waals surface area contributed by atoms with Crippen molar-refractivity contribution in [2.45, 2.75) is 32.5 Å². The predicted octanol–water partition coefficient (Wildman–Crippen LogP) is 1.69. The van der Waals surface area contributed by atoms with Gasteiger partial charge in [-0.3, -0.25) is 0 Å². The minimum Gasteiger partial charge on any atom is -0.490 e. The predicted molar refractivity (Wildman–Crippen MR) is 45.7 cm³/mol. The third kappa shape index (κ3) is 2.83. The summed E-state index contributed by atoms with van der Waals surface area (Å²) in [6, 6.07) is 0. The number of rotatable bonds is 2. The van der Waals surface area contributed by atoms with Gasteiger partial charge in [0.1, 0.15) is 24.3 Å². The fraction of sp³-hybridized carbons (Fsp3) is 0.778. The molecule has 70 valence electrons. The molecule has 0 aromatic rings. The van der Waals surface area contributed by atoms with Crippen LogP contribution in [0.4, 0.5) is 0 Å². The molecule has 3 heteroatoms. The highest BCUT2D eigenvalue weighted by atomic mass is 16.7. The van der Waals surface area contributed by atoms with Gasteiger partial charge < -0.3 is 14.2 Å². The van der Waals surface area contributed by atoms with Crippen LogP contribution in [0, 0.1) is 0 Å². The Labute approximate surface area is 73.3 Å². The van der Waals surface area contributed by atoms with Gasteiger partial charge in [-0.1, -0.05) is 6.58 Å². The highest BCUT2D eigenvalue weighted by Gasteiger charge is 2.24. The van der Waals surface area contributed by atoms with Crippen LogP contribution < -0.4 is 0 Å². The van der Waals surface area contributed by atoms with Gasteiger partial charge in [0.05, 0.1) is 6.61 Å². The highest BCUT2D eigenvalue weighted by molar-refractivity contribution is 4.96. The zero-order chi connectivity index (χ0) is 9.19. The van der Waals surface area contributed by atoms with E-state index in [0.717, 1.165) is 0 Å². The normalized spacial score (nSPS) is 24.1. The molecule has 0 aromatic carbocycles. The summed E-state index contributed by atoms with van der Waals surface area (Å²) >= 11 is 0. The smallest absolute Gasteiger partial charge is 0.147 e. The standard InChI is InChI=1S/C9H16O3/c1-7(12-9(2,3)4)8-5-10-6-11-8/h8H,1,5-6H2,2-4H3. The number of ether oxygens (including phenoxy) is 3. The SMILES string of the molecule is C=C(OC(C)(C)C)C1COCO1. The fourth-order valence-electron chi connectivity index (χ4n) is 0.978. The summed E-state index contributed by atoms with van der Waals surface area (Å²) in [6.07, 6.45) is -0.0933. The molecule has 1 aliphatic heterocycles. The van der Waals surface area contributed by atoms with Gasteiger partial charge in [0.15, 0.2) is 0 Å². The van der Waals surface area contributed by atoms with Crippen molar-refractivity contribution in [1.29, 1.82) is 0 Å². The van der Waals surface area contributed by atoms with Gasteiger partial charge in [-0.05, 0) is 20.8 Å². The van der Waals surface area contributed by atoms with Crippen LogP contribution in [0.1, 0.15) is 20.8 Å². The molecule has 0 saturated carbocycles. The molecule has 3 nitrogen and oxygen atoms in total. The van der Waals surface area contributed by atoms with E-state index in [1.54, 1.807) is 0 Å². The first-order valence-electron chi connectivity index (χ1n) is 4.06. The van der Waals surface area contributed by atoms with Crippen molar-refractivity contribution in [3.63, 3.8) is 0 Å². The molecule has 1 rings (SSSR count). The van der Waals surface area contributed by atoms with Crippen molar-refractivity contribution in [2.75, 3.05) is 13.4 Å².